The van der Waals surface area contributed by atoms with Crippen molar-refractivity contribution in [1.82, 2.24) is 0 Å². The molecule has 0 spiro atoms. The van der Waals surface area contributed by atoms with Crippen LogP contribution in [0.1, 0.15) is 32.1 Å². The smallest absolute Gasteiger partial charge is 0.333 e. The predicted molar refractivity (Wildman–Crippen MR) is 48.0 cm³/mol. The van der Waals surface area contributed by atoms with Gasteiger partial charge in [-0.05, 0) is 32.1 Å². The van der Waals surface area contributed by atoms with Gasteiger partial charge in [0.25, 0.3) is 0 Å². The summed E-state index contributed by atoms with van der Waals surface area (Å²) in [6, 6.07) is 0. The van der Waals surface area contributed by atoms with Crippen LogP contribution in [0.4, 0.5) is 0 Å². The summed E-state index contributed by atoms with van der Waals surface area (Å²) in [5, 5.41) is 0. The van der Waals surface area contributed by atoms with Gasteiger partial charge in [-0.1, -0.05) is 0 Å². The number of rotatable bonds is 2. The second kappa shape index (κ2) is 2.77. The number of ether oxygens (including phenoxy) is 1. The van der Waals surface area contributed by atoms with E-state index in [1.165, 1.54) is 0 Å². The number of hydrogen-bond donors (Lipinski definition) is 2. The van der Waals surface area contributed by atoms with E-state index in [0.717, 1.165) is 6.42 Å². The maximum absolute atomic E-state index is 11.4. The van der Waals surface area contributed by atoms with E-state index in [4.69, 9.17) is 11.5 Å². The fourth-order valence-corrected chi connectivity index (χ4v) is 1.39. The molecule has 0 aromatic heterocycles. The molecule has 0 unspecified atom stereocenters. The summed E-state index contributed by atoms with van der Waals surface area (Å²) in [4.78, 5) is 22.7. The third-order valence-corrected chi connectivity index (χ3v) is 3.03. The van der Waals surface area contributed by atoms with Crippen LogP contribution in [0.25, 0.3) is 0 Å². The highest BCUT2D eigenvalue weighted by atomic mass is 16.6. The van der Waals surface area contributed by atoms with Gasteiger partial charge in [-0.2, -0.15) is 0 Å². The summed E-state index contributed by atoms with van der Waals surface area (Å²) in [5.41, 5.74) is 9.43. The van der Waals surface area contributed by atoms with Gasteiger partial charge in [0.2, 0.25) is 0 Å². The lowest BCUT2D eigenvalue weighted by Gasteiger charge is -2.34. The van der Waals surface area contributed by atoms with Gasteiger partial charge < -0.3 is 16.2 Å². The molecule has 0 saturated heterocycles. The van der Waals surface area contributed by atoms with Gasteiger partial charge in [-0.25, -0.2) is 9.59 Å². The molecule has 0 heterocycles. The summed E-state index contributed by atoms with van der Waals surface area (Å²) >= 11 is 0. The summed E-state index contributed by atoms with van der Waals surface area (Å²) in [6.45, 7) is 0. The molecule has 5 heteroatoms. The Morgan fingerprint density at radius 3 is 1.64 bits per heavy atom. The Bertz CT molecular complexity index is 292. The molecule has 0 atom stereocenters. The lowest BCUT2D eigenvalue weighted by molar-refractivity contribution is -0.167. The van der Waals surface area contributed by atoms with Crippen molar-refractivity contribution >= 4 is 11.9 Å². The van der Waals surface area contributed by atoms with Gasteiger partial charge >= 0.3 is 11.9 Å². The van der Waals surface area contributed by atoms with E-state index in [1.54, 1.807) is 0 Å². The van der Waals surface area contributed by atoms with Crippen molar-refractivity contribution in [3.8, 4) is 0 Å². The van der Waals surface area contributed by atoms with Crippen molar-refractivity contribution < 1.29 is 14.3 Å². The second-order valence-electron chi connectivity index (χ2n) is 4.34. The van der Waals surface area contributed by atoms with E-state index in [1.807, 2.05) is 0 Å². The molecular formula is C9H14N2O3. The van der Waals surface area contributed by atoms with E-state index in [0.29, 0.717) is 25.7 Å². The largest absolute Gasteiger partial charge is 0.390 e. The molecule has 78 valence electrons. The van der Waals surface area contributed by atoms with E-state index >= 15 is 0 Å². The van der Waals surface area contributed by atoms with Gasteiger partial charge in [0.1, 0.15) is 11.1 Å². The van der Waals surface area contributed by atoms with Crippen molar-refractivity contribution in [2.24, 2.45) is 11.5 Å². The zero-order valence-corrected chi connectivity index (χ0v) is 7.91. The van der Waals surface area contributed by atoms with Crippen LogP contribution in [0.2, 0.25) is 0 Å². The number of carbonyl (C=O) groups is 2. The topological polar surface area (TPSA) is 95.4 Å². The second-order valence-corrected chi connectivity index (χ2v) is 4.34. The normalized spacial score (nSPS) is 26.1. The molecule has 2 aliphatic rings. The third kappa shape index (κ3) is 1.42. The van der Waals surface area contributed by atoms with Crippen LogP contribution < -0.4 is 11.5 Å². The number of esters is 2. The highest BCUT2D eigenvalue weighted by Gasteiger charge is 2.51. The number of hydrogen-bond acceptors (Lipinski definition) is 5. The first kappa shape index (κ1) is 9.61. The molecule has 4 N–H and O–H groups in total. The fraction of sp³-hybridized carbons (Fsp3) is 0.778. The molecule has 2 saturated carbocycles. The zero-order chi connectivity index (χ0) is 10.4. The van der Waals surface area contributed by atoms with E-state index in [2.05, 4.69) is 4.74 Å². The molecule has 14 heavy (non-hydrogen) atoms. The summed E-state index contributed by atoms with van der Waals surface area (Å²) in [7, 11) is 0. The van der Waals surface area contributed by atoms with E-state index < -0.39 is 23.0 Å². The first-order valence-electron chi connectivity index (χ1n) is 4.81. The molecule has 0 radical (unpaired) electrons. The minimum Gasteiger partial charge on any atom is -0.390 e. The van der Waals surface area contributed by atoms with Crippen molar-refractivity contribution in [3.05, 3.63) is 0 Å². The Morgan fingerprint density at radius 2 is 1.36 bits per heavy atom. The highest BCUT2D eigenvalue weighted by molar-refractivity contribution is 5.96. The number of nitrogens with two attached hydrogens (primary N) is 2. The molecule has 5 nitrogen and oxygen atoms in total. The molecule has 0 amide bonds. The van der Waals surface area contributed by atoms with Gasteiger partial charge in [0.15, 0.2) is 0 Å². The predicted octanol–water partition coefficient (Wildman–Crippen LogP) is -0.571. The van der Waals surface area contributed by atoms with Crippen LogP contribution >= 0.6 is 0 Å². The maximum Gasteiger partial charge on any atom is 0.333 e. The fourth-order valence-electron chi connectivity index (χ4n) is 1.39. The summed E-state index contributed by atoms with van der Waals surface area (Å²) in [5.74, 6) is -1.25. The van der Waals surface area contributed by atoms with Crippen LogP contribution in [-0.4, -0.2) is 23.0 Å². The first-order chi connectivity index (χ1) is 6.46. The molecule has 2 aliphatic carbocycles. The third-order valence-electron chi connectivity index (χ3n) is 3.03. The van der Waals surface area contributed by atoms with Crippen LogP contribution in [0.3, 0.4) is 0 Å². The van der Waals surface area contributed by atoms with Crippen LogP contribution in [-0.2, 0) is 14.3 Å². The van der Waals surface area contributed by atoms with Crippen LogP contribution in [0.15, 0.2) is 0 Å². The molecule has 0 aromatic carbocycles. The quantitative estimate of drug-likeness (QED) is 0.457. The molecule has 2 fully saturated rings. The van der Waals surface area contributed by atoms with Gasteiger partial charge in [0, 0.05) is 0 Å². The van der Waals surface area contributed by atoms with E-state index in [-0.39, 0.29) is 0 Å². The van der Waals surface area contributed by atoms with Crippen molar-refractivity contribution in [1.29, 1.82) is 0 Å². The molecular weight excluding hydrogens is 184 g/mol. The van der Waals surface area contributed by atoms with Crippen LogP contribution in [0.5, 0.6) is 0 Å². The highest BCUT2D eigenvalue weighted by Crippen LogP contribution is 2.35. The van der Waals surface area contributed by atoms with Crippen molar-refractivity contribution in [2.75, 3.05) is 0 Å². The van der Waals surface area contributed by atoms with Gasteiger partial charge in [0.05, 0.1) is 0 Å². The van der Waals surface area contributed by atoms with Gasteiger partial charge in [-0.3, -0.25) is 0 Å². The SMILES string of the molecule is NC1(C(=O)OC(=O)C2(N)CC2)CCC1. The molecule has 0 aliphatic heterocycles. The lowest BCUT2D eigenvalue weighted by atomic mass is 9.78. The Morgan fingerprint density at radius 1 is 0.929 bits per heavy atom. The van der Waals surface area contributed by atoms with Crippen molar-refractivity contribution in [2.45, 2.75) is 43.2 Å². The minimum absolute atomic E-state index is 0.594. The first-order valence-corrected chi connectivity index (χ1v) is 4.81. The average molecular weight is 198 g/mol. The molecule has 0 aromatic rings. The standard InChI is InChI=1S/C9H14N2O3/c10-8(2-1-3-8)6(12)14-7(13)9(11)4-5-9/h1-5,10-11H2. The molecule has 0 bridgehead atoms. The maximum atomic E-state index is 11.4. The summed E-state index contributed by atoms with van der Waals surface area (Å²) in [6.07, 6.45) is 3.29. The Hall–Kier alpha value is -0.940. The summed E-state index contributed by atoms with van der Waals surface area (Å²) < 4.78 is 4.66. The van der Waals surface area contributed by atoms with Gasteiger partial charge in [-0.15, -0.1) is 0 Å². The van der Waals surface area contributed by atoms with Crippen LogP contribution in [0, 0.1) is 0 Å². The number of carbonyl (C=O) groups excluding carboxylic acids is 2. The van der Waals surface area contributed by atoms with E-state index in [9.17, 15) is 9.59 Å². The lowest BCUT2D eigenvalue weighted by Crippen LogP contribution is -2.56. The average Bonchev–Trinajstić information content (AvgIpc) is 2.80. The Balaban J connectivity index is 1.91. The Kier molecular flexibility index (Phi) is 1.90. The Labute approximate surface area is 81.8 Å². The zero-order valence-electron chi connectivity index (χ0n) is 7.91. The monoisotopic (exact) mass is 198 g/mol. The minimum atomic E-state index is -0.930. The van der Waals surface area contributed by atoms with Crippen molar-refractivity contribution in [3.63, 3.8) is 0 Å². The molecule has 2 rings (SSSR count).